The molecule has 2 aromatic rings. The summed E-state index contributed by atoms with van der Waals surface area (Å²) in [5.41, 5.74) is 0.893. The van der Waals surface area contributed by atoms with Crippen LogP contribution in [0.25, 0.3) is 10.9 Å². The molecule has 5 heteroatoms. The highest BCUT2D eigenvalue weighted by molar-refractivity contribution is 9.13. The number of hydrogen-bond acceptors (Lipinski definition) is 3. The van der Waals surface area contributed by atoms with Crippen molar-refractivity contribution in [3.8, 4) is 11.5 Å². The lowest BCUT2D eigenvalue weighted by Crippen LogP contribution is -1.97. The van der Waals surface area contributed by atoms with Gasteiger partial charge >= 0.3 is 0 Å². The summed E-state index contributed by atoms with van der Waals surface area (Å²) >= 11 is 6.99. The van der Waals surface area contributed by atoms with Crippen LogP contribution in [0.2, 0.25) is 0 Å². The molecule has 0 spiro atoms. The van der Waals surface area contributed by atoms with Crippen molar-refractivity contribution in [2.24, 2.45) is 0 Å². The van der Waals surface area contributed by atoms with E-state index in [1.165, 1.54) is 0 Å². The fourth-order valence-electron chi connectivity index (χ4n) is 1.79. The highest BCUT2D eigenvalue weighted by Crippen LogP contribution is 2.38. The smallest absolute Gasteiger partial charge is 0.163 e. The van der Waals surface area contributed by atoms with Crippen molar-refractivity contribution in [2.45, 2.75) is 6.42 Å². The molecule has 0 amide bonds. The number of rotatable bonds is 0. The molecule has 1 aromatic carbocycles. The predicted octanol–water partition coefficient (Wildman–Crippen LogP) is 3.92. The molecule has 1 aliphatic rings. The van der Waals surface area contributed by atoms with Gasteiger partial charge in [-0.05, 0) is 37.9 Å². The van der Waals surface area contributed by atoms with Gasteiger partial charge in [-0.2, -0.15) is 0 Å². The Kier molecular flexibility index (Phi) is 2.96. The summed E-state index contributed by atoms with van der Waals surface area (Å²) in [6.07, 6.45) is 2.68. The normalized spacial score (nSPS) is 14.7. The van der Waals surface area contributed by atoms with E-state index in [-0.39, 0.29) is 0 Å². The summed E-state index contributed by atoms with van der Waals surface area (Å²) in [6, 6.07) is 3.89. The minimum atomic E-state index is 0.691. The van der Waals surface area contributed by atoms with Gasteiger partial charge in [0, 0.05) is 28.5 Å². The predicted molar refractivity (Wildman–Crippen MR) is 72.8 cm³/mol. The van der Waals surface area contributed by atoms with Crippen molar-refractivity contribution in [3.05, 3.63) is 27.3 Å². The van der Waals surface area contributed by atoms with Gasteiger partial charge in [-0.3, -0.25) is 4.98 Å². The van der Waals surface area contributed by atoms with Crippen LogP contribution < -0.4 is 9.47 Å². The van der Waals surface area contributed by atoms with Gasteiger partial charge in [-0.25, -0.2) is 0 Å². The largest absolute Gasteiger partial charge is 0.490 e. The molecule has 0 saturated heterocycles. The molecule has 3 rings (SSSR count). The quantitative estimate of drug-likeness (QED) is 0.715. The topological polar surface area (TPSA) is 31.4 Å². The van der Waals surface area contributed by atoms with E-state index in [2.05, 4.69) is 36.8 Å². The molecule has 1 aliphatic heterocycles. The highest BCUT2D eigenvalue weighted by Gasteiger charge is 2.14. The zero-order valence-electron chi connectivity index (χ0n) is 8.87. The van der Waals surface area contributed by atoms with Gasteiger partial charge in [0.25, 0.3) is 0 Å². The van der Waals surface area contributed by atoms with Crippen LogP contribution in [0.5, 0.6) is 11.5 Å². The van der Waals surface area contributed by atoms with E-state index in [1.54, 1.807) is 6.20 Å². The standard InChI is InChI=1S/C12H9Br2NO2/c13-8-6-15-9-5-11-10(4-7(9)12(8)14)16-2-1-3-17-11/h4-6H,1-3H2. The molecule has 0 saturated carbocycles. The van der Waals surface area contributed by atoms with E-state index < -0.39 is 0 Å². The van der Waals surface area contributed by atoms with Crippen LogP contribution >= 0.6 is 31.9 Å². The number of halogens is 2. The molecule has 3 nitrogen and oxygen atoms in total. The number of nitrogens with zero attached hydrogens (tertiary/aromatic N) is 1. The lowest BCUT2D eigenvalue weighted by molar-refractivity contribution is 0.297. The molecule has 0 atom stereocenters. The second-order valence-electron chi connectivity index (χ2n) is 3.79. The Morgan fingerprint density at radius 1 is 1.06 bits per heavy atom. The molecule has 1 aromatic heterocycles. The minimum absolute atomic E-state index is 0.691. The Balaban J connectivity index is 2.26. The number of fused-ring (bicyclic) bond motifs is 2. The lowest BCUT2D eigenvalue weighted by Gasteiger charge is -2.09. The third-order valence-corrected chi connectivity index (χ3v) is 4.62. The highest BCUT2D eigenvalue weighted by atomic mass is 79.9. The number of pyridine rings is 1. The molecule has 17 heavy (non-hydrogen) atoms. The number of ether oxygens (including phenoxy) is 2. The Labute approximate surface area is 115 Å². The summed E-state index contributed by atoms with van der Waals surface area (Å²) in [4.78, 5) is 4.37. The summed E-state index contributed by atoms with van der Waals surface area (Å²) in [5, 5.41) is 1.02. The fourth-order valence-corrected chi connectivity index (χ4v) is 2.53. The van der Waals surface area contributed by atoms with E-state index >= 15 is 0 Å². The molecule has 0 fully saturated rings. The van der Waals surface area contributed by atoms with E-state index in [0.29, 0.717) is 13.2 Å². The van der Waals surface area contributed by atoms with E-state index in [1.807, 2.05) is 12.1 Å². The third kappa shape index (κ3) is 2.02. The third-order valence-electron chi connectivity index (χ3n) is 2.63. The second-order valence-corrected chi connectivity index (χ2v) is 5.43. The average molecular weight is 359 g/mol. The lowest BCUT2D eigenvalue weighted by atomic mass is 10.2. The van der Waals surface area contributed by atoms with Crippen molar-refractivity contribution in [3.63, 3.8) is 0 Å². The number of hydrogen-bond donors (Lipinski definition) is 0. The van der Waals surface area contributed by atoms with Crippen molar-refractivity contribution in [1.29, 1.82) is 0 Å². The van der Waals surface area contributed by atoms with E-state index in [0.717, 1.165) is 37.8 Å². The van der Waals surface area contributed by atoms with Gasteiger partial charge in [-0.1, -0.05) is 0 Å². The minimum Gasteiger partial charge on any atom is -0.490 e. The molecule has 0 bridgehead atoms. The van der Waals surface area contributed by atoms with Crippen LogP contribution in [0, 0.1) is 0 Å². The maximum atomic E-state index is 5.66. The Bertz CT molecular complexity index is 586. The summed E-state index contributed by atoms with van der Waals surface area (Å²) in [7, 11) is 0. The first-order valence-electron chi connectivity index (χ1n) is 5.29. The van der Waals surface area contributed by atoms with E-state index in [9.17, 15) is 0 Å². The van der Waals surface area contributed by atoms with Gasteiger partial charge in [0.1, 0.15) is 0 Å². The van der Waals surface area contributed by atoms with Gasteiger partial charge in [0.15, 0.2) is 11.5 Å². The first-order chi connectivity index (χ1) is 8.25. The average Bonchev–Trinajstić information content (AvgIpc) is 2.57. The first-order valence-corrected chi connectivity index (χ1v) is 6.87. The van der Waals surface area contributed by atoms with E-state index in [4.69, 9.17) is 9.47 Å². The van der Waals surface area contributed by atoms with Crippen LogP contribution in [0.3, 0.4) is 0 Å². The Morgan fingerprint density at radius 2 is 1.76 bits per heavy atom. The molecular weight excluding hydrogens is 350 g/mol. The summed E-state index contributed by atoms with van der Waals surface area (Å²) in [5.74, 6) is 1.56. The fraction of sp³-hybridized carbons (Fsp3) is 0.250. The second kappa shape index (κ2) is 4.46. The van der Waals surface area contributed by atoms with Gasteiger partial charge < -0.3 is 9.47 Å². The maximum absolute atomic E-state index is 5.66. The zero-order valence-corrected chi connectivity index (χ0v) is 12.0. The molecule has 88 valence electrons. The van der Waals surface area contributed by atoms with Crippen molar-refractivity contribution >= 4 is 42.8 Å². The molecule has 2 heterocycles. The van der Waals surface area contributed by atoms with Gasteiger partial charge in [0.05, 0.1) is 23.2 Å². The molecule has 0 unspecified atom stereocenters. The molecule has 0 aliphatic carbocycles. The van der Waals surface area contributed by atoms with Crippen molar-refractivity contribution in [1.82, 2.24) is 4.98 Å². The van der Waals surface area contributed by atoms with Crippen LogP contribution in [-0.2, 0) is 0 Å². The van der Waals surface area contributed by atoms with Crippen molar-refractivity contribution in [2.75, 3.05) is 13.2 Å². The molecule has 0 radical (unpaired) electrons. The number of benzene rings is 1. The monoisotopic (exact) mass is 357 g/mol. The summed E-state index contributed by atoms with van der Waals surface area (Å²) < 4.78 is 13.2. The maximum Gasteiger partial charge on any atom is 0.163 e. The summed E-state index contributed by atoms with van der Waals surface area (Å²) in [6.45, 7) is 1.38. The van der Waals surface area contributed by atoms with Crippen molar-refractivity contribution < 1.29 is 9.47 Å². The van der Waals surface area contributed by atoms with Crippen LogP contribution in [-0.4, -0.2) is 18.2 Å². The van der Waals surface area contributed by atoms with Crippen LogP contribution in [0.4, 0.5) is 0 Å². The van der Waals surface area contributed by atoms with Gasteiger partial charge in [0.2, 0.25) is 0 Å². The van der Waals surface area contributed by atoms with Gasteiger partial charge in [-0.15, -0.1) is 0 Å². The van der Waals surface area contributed by atoms with Crippen LogP contribution in [0.15, 0.2) is 27.3 Å². The SMILES string of the molecule is Brc1cnc2cc3c(cc2c1Br)OCCCO3. The number of aromatic nitrogens is 1. The first kappa shape index (κ1) is 11.3. The molecule has 0 N–H and O–H groups in total. The molecular formula is C12H9Br2NO2. The Morgan fingerprint density at radius 3 is 2.53 bits per heavy atom. The Hall–Kier alpha value is -0.810. The van der Waals surface area contributed by atoms with Crippen LogP contribution in [0.1, 0.15) is 6.42 Å². The zero-order chi connectivity index (χ0) is 11.8.